The van der Waals surface area contributed by atoms with Crippen molar-refractivity contribution >= 4 is 5.91 Å². The van der Waals surface area contributed by atoms with Crippen LogP contribution in [0.4, 0.5) is 0 Å². The maximum absolute atomic E-state index is 11.0. The molecule has 0 aliphatic heterocycles. The van der Waals surface area contributed by atoms with E-state index in [2.05, 4.69) is 10.3 Å². The molecule has 1 heterocycles. The van der Waals surface area contributed by atoms with E-state index in [0.717, 1.165) is 18.5 Å². The van der Waals surface area contributed by atoms with Crippen molar-refractivity contribution in [2.24, 2.45) is 0 Å². The Balaban J connectivity index is 2.07. The highest BCUT2D eigenvalue weighted by Gasteiger charge is 2.31. The fourth-order valence-corrected chi connectivity index (χ4v) is 2.49. The van der Waals surface area contributed by atoms with Gasteiger partial charge in [-0.05, 0) is 31.4 Å². The lowest BCUT2D eigenvalue weighted by atomic mass is 9.81. The predicted molar refractivity (Wildman–Crippen MR) is 64.4 cm³/mol. The zero-order valence-electron chi connectivity index (χ0n) is 9.97. The Morgan fingerprint density at radius 3 is 2.94 bits per heavy atom. The summed E-state index contributed by atoms with van der Waals surface area (Å²) in [6.07, 6.45) is 3.70. The van der Waals surface area contributed by atoms with Crippen molar-refractivity contribution in [1.29, 1.82) is 0 Å². The molecule has 2 N–H and O–H groups in total. The normalized spacial score (nSPS) is 28.7. The zero-order chi connectivity index (χ0) is 12.3. The Bertz CT molecular complexity index is 380. The molecule has 0 saturated heterocycles. The lowest BCUT2D eigenvalue weighted by Gasteiger charge is -2.33. The highest BCUT2D eigenvalue weighted by molar-refractivity contribution is 5.73. The van der Waals surface area contributed by atoms with Crippen LogP contribution in [0.5, 0.6) is 0 Å². The number of nitrogens with one attached hydrogen (secondary N) is 1. The van der Waals surface area contributed by atoms with Crippen molar-refractivity contribution in [3.05, 3.63) is 30.1 Å². The van der Waals surface area contributed by atoms with E-state index in [0.29, 0.717) is 6.42 Å². The second-order valence-electron chi connectivity index (χ2n) is 4.64. The number of rotatable bonds is 2. The lowest BCUT2D eigenvalue weighted by Crippen LogP contribution is -2.41. The number of aliphatic hydroxyl groups is 1. The third-order valence-corrected chi connectivity index (χ3v) is 3.29. The van der Waals surface area contributed by atoms with Gasteiger partial charge >= 0.3 is 0 Å². The monoisotopic (exact) mass is 234 g/mol. The first-order valence-electron chi connectivity index (χ1n) is 6.03. The Morgan fingerprint density at radius 2 is 2.29 bits per heavy atom. The maximum atomic E-state index is 11.0. The predicted octanol–water partition coefficient (Wildman–Crippen LogP) is 1.21. The molecule has 3 atom stereocenters. The third kappa shape index (κ3) is 3.03. The van der Waals surface area contributed by atoms with Gasteiger partial charge in [-0.3, -0.25) is 9.78 Å². The van der Waals surface area contributed by atoms with Crippen LogP contribution in [-0.4, -0.2) is 28.1 Å². The largest absolute Gasteiger partial charge is 0.392 e. The highest BCUT2D eigenvalue weighted by atomic mass is 16.3. The van der Waals surface area contributed by atoms with Crippen LogP contribution in [0.25, 0.3) is 0 Å². The van der Waals surface area contributed by atoms with E-state index in [1.54, 1.807) is 6.20 Å². The topological polar surface area (TPSA) is 62.2 Å². The molecular weight excluding hydrogens is 216 g/mol. The summed E-state index contributed by atoms with van der Waals surface area (Å²) in [4.78, 5) is 15.3. The number of aliphatic hydroxyl groups excluding tert-OH is 1. The van der Waals surface area contributed by atoms with E-state index in [4.69, 9.17) is 0 Å². The lowest BCUT2D eigenvalue weighted by molar-refractivity contribution is -0.120. The molecule has 1 aromatic heterocycles. The number of carbonyl (C=O) groups excluding carboxylic acids is 1. The maximum Gasteiger partial charge on any atom is 0.217 e. The number of hydrogen-bond acceptors (Lipinski definition) is 3. The van der Waals surface area contributed by atoms with Gasteiger partial charge < -0.3 is 10.4 Å². The van der Waals surface area contributed by atoms with Gasteiger partial charge in [-0.25, -0.2) is 0 Å². The molecule has 1 saturated carbocycles. The van der Waals surface area contributed by atoms with Crippen LogP contribution < -0.4 is 5.32 Å². The summed E-state index contributed by atoms with van der Waals surface area (Å²) < 4.78 is 0. The molecule has 3 unspecified atom stereocenters. The molecule has 1 fully saturated rings. The average Bonchev–Trinajstić information content (AvgIpc) is 2.32. The van der Waals surface area contributed by atoms with Crippen molar-refractivity contribution < 1.29 is 9.90 Å². The first-order valence-corrected chi connectivity index (χ1v) is 6.03. The molecule has 0 spiro atoms. The molecule has 1 aliphatic rings. The average molecular weight is 234 g/mol. The minimum absolute atomic E-state index is 0.00818. The Kier molecular flexibility index (Phi) is 3.74. The zero-order valence-corrected chi connectivity index (χ0v) is 9.97. The van der Waals surface area contributed by atoms with Gasteiger partial charge in [-0.1, -0.05) is 6.07 Å². The minimum atomic E-state index is -0.352. The fourth-order valence-electron chi connectivity index (χ4n) is 2.49. The second-order valence-corrected chi connectivity index (χ2v) is 4.64. The standard InChI is InChI=1S/C13H18N2O2/c1-9(16)15-10-5-6-13(17)11(8-10)12-4-2-3-7-14-12/h2-4,7,10-11,13,17H,5-6,8H2,1H3,(H,15,16). The number of aromatic nitrogens is 1. The van der Waals surface area contributed by atoms with Gasteiger partial charge in [0.1, 0.15) is 0 Å². The molecule has 1 amide bonds. The second kappa shape index (κ2) is 5.27. The van der Waals surface area contributed by atoms with Crippen LogP contribution in [0, 0.1) is 0 Å². The fraction of sp³-hybridized carbons (Fsp3) is 0.538. The SMILES string of the molecule is CC(=O)NC1CCC(O)C(c2ccccn2)C1. The molecule has 92 valence electrons. The summed E-state index contributed by atoms with van der Waals surface area (Å²) in [5.41, 5.74) is 0.912. The highest BCUT2D eigenvalue weighted by Crippen LogP contribution is 2.32. The van der Waals surface area contributed by atoms with Crippen molar-refractivity contribution in [2.75, 3.05) is 0 Å². The molecule has 1 aliphatic carbocycles. The van der Waals surface area contributed by atoms with E-state index in [1.807, 2.05) is 18.2 Å². The van der Waals surface area contributed by atoms with Gasteiger partial charge in [0.25, 0.3) is 0 Å². The van der Waals surface area contributed by atoms with Gasteiger partial charge in [0, 0.05) is 30.8 Å². The van der Waals surface area contributed by atoms with Crippen molar-refractivity contribution in [3.63, 3.8) is 0 Å². The molecule has 4 nitrogen and oxygen atoms in total. The van der Waals surface area contributed by atoms with Gasteiger partial charge in [0.15, 0.2) is 0 Å². The number of amides is 1. The van der Waals surface area contributed by atoms with E-state index in [1.165, 1.54) is 6.92 Å². The Morgan fingerprint density at radius 1 is 1.47 bits per heavy atom. The Labute approximate surface area is 101 Å². The Hall–Kier alpha value is -1.42. The molecular formula is C13H18N2O2. The van der Waals surface area contributed by atoms with Crippen molar-refractivity contribution in [2.45, 2.75) is 44.2 Å². The van der Waals surface area contributed by atoms with E-state index >= 15 is 0 Å². The molecule has 4 heteroatoms. The number of nitrogens with zero attached hydrogens (tertiary/aromatic N) is 1. The number of carbonyl (C=O) groups is 1. The van der Waals surface area contributed by atoms with Crippen LogP contribution in [0.3, 0.4) is 0 Å². The van der Waals surface area contributed by atoms with Crippen LogP contribution >= 0.6 is 0 Å². The first kappa shape index (κ1) is 12.0. The summed E-state index contributed by atoms with van der Waals surface area (Å²) in [7, 11) is 0. The third-order valence-electron chi connectivity index (χ3n) is 3.29. The number of hydrogen-bond donors (Lipinski definition) is 2. The summed E-state index contributed by atoms with van der Waals surface area (Å²) in [5, 5.41) is 12.9. The molecule has 0 bridgehead atoms. The number of pyridine rings is 1. The molecule has 2 rings (SSSR count). The molecule has 0 radical (unpaired) electrons. The van der Waals surface area contributed by atoms with Crippen LogP contribution in [-0.2, 0) is 4.79 Å². The van der Waals surface area contributed by atoms with Crippen molar-refractivity contribution in [3.8, 4) is 0 Å². The van der Waals surface area contributed by atoms with Crippen molar-refractivity contribution in [1.82, 2.24) is 10.3 Å². The summed E-state index contributed by atoms with van der Waals surface area (Å²) >= 11 is 0. The minimum Gasteiger partial charge on any atom is -0.392 e. The van der Waals surface area contributed by atoms with Gasteiger partial charge in [-0.15, -0.1) is 0 Å². The van der Waals surface area contributed by atoms with E-state index < -0.39 is 0 Å². The van der Waals surface area contributed by atoms with Gasteiger partial charge in [-0.2, -0.15) is 0 Å². The first-order chi connectivity index (χ1) is 8.16. The summed E-state index contributed by atoms with van der Waals surface area (Å²) in [6, 6.07) is 5.88. The van der Waals surface area contributed by atoms with Gasteiger partial charge in [0.05, 0.1) is 6.10 Å². The molecule has 1 aromatic rings. The molecule has 0 aromatic carbocycles. The summed E-state index contributed by atoms with van der Waals surface area (Å²) in [6.45, 7) is 1.53. The smallest absolute Gasteiger partial charge is 0.217 e. The summed E-state index contributed by atoms with van der Waals surface area (Å²) in [5.74, 6) is 0.0213. The van der Waals surface area contributed by atoms with Crippen LogP contribution in [0.2, 0.25) is 0 Å². The van der Waals surface area contributed by atoms with Gasteiger partial charge in [0.2, 0.25) is 5.91 Å². The van der Waals surface area contributed by atoms with Crippen LogP contribution in [0.15, 0.2) is 24.4 Å². The van der Waals surface area contributed by atoms with E-state index in [9.17, 15) is 9.90 Å². The quantitative estimate of drug-likeness (QED) is 0.808. The van der Waals surface area contributed by atoms with Crippen LogP contribution in [0.1, 0.15) is 37.8 Å². The van der Waals surface area contributed by atoms with E-state index in [-0.39, 0.29) is 24.0 Å². The molecule has 17 heavy (non-hydrogen) atoms.